The Hall–Kier alpha value is -3.72. The molecule has 9 heteroatoms. The minimum atomic E-state index is -0.397. The molecule has 2 aromatic heterocycles. The van der Waals surface area contributed by atoms with Crippen LogP contribution in [-0.2, 0) is 0 Å². The van der Waals surface area contributed by atoms with Crippen LogP contribution in [0, 0.1) is 5.82 Å². The second kappa shape index (κ2) is 8.97. The molecule has 4 aromatic rings. The van der Waals surface area contributed by atoms with Gasteiger partial charge in [-0.2, -0.15) is 4.98 Å². The van der Waals surface area contributed by atoms with Crippen molar-refractivity contribution in [3.8, 4) is 5.75 Å². The minimum Gasteiger partial charge on any atom is -0.497 e. The van der Waals surface area contributed by atoms with Crippen molar-refractivity contribution in [1.29, 1.82) is 0 Å². The van der Waals surface area contributed by atoms with Gasteiger partial charge in [-0.15, -0.1) is 0 Å². The molecular formula is C22H23FN6O2. The van der Waals surface area contributed by atoms with E-state index < -0.39 is 5.82 Å². The van der Waals surface area contributed by atoms with E-state index in [9.17, 15) is 9.50 Å². The number of hydrogen-bond donors (Lipinski definition) is 3. The van der Waals surface area contributed by atoms with Crippen LogP contribution < -0.4 is 15.4 Å². The van der Waals surface area contributed by atoms with Crippen molar-refractivity contribution < 1.29 is 14.2 Å². The molecule has 0 radical (unpaired) electrons. The van der Waals surface area contributed by atoms with Gasteiger partial charge in [0.15, 0.2) is 5.65 Å². The van der Waals surface area contributed by atoms with Gasteiger partial charge in [0.1, 0.15) is 17.1 Å². The molecule has 31 heavy (non-hydrogen) atoms. The number of halogens is 1. The number of nitrogens with one attached hydrogen (secondary N) is 2. The summed E-state index contributed by atoms with van der Waals surface area (Å²) in [6.07, 6.45) is 2.24. The fourth-order valence-electron chi connectivity index (χ4n) is 3.26. The number of aromatic nitrogens is 4. The quantitative estimate of drug-likeness (QED) is 0.387. The number of nitrogens with zero attached hydrogens (tertiary/aromatic N) is 4. The van der Waals surface area contributed by atoms with Gasteiger partial charge in [0.25, 0.3) is 0 Å². The highest BCUT2D eigenvalue weighted by atomic mass is 19.1. The molecule has 0 aliphatic rings. The number of imidazole rings is 1. The van der Waals surface area contributed by atoms with E-state index in [1.165, 1.54) is 6.07 Å². The van der Waals surface area contributed by atoms with Crippen molar-refractivity contribution in [2.24, 2.45) is 0 Å². The summed E-state index contributed by atoms with van der Waals surface area (Å²) < 4.78 is 21.1. The van der Waals surface area contributed by atoms with Gasteiger partial charge in [-0.05, 0) is 42.8 Å². The third-order valence-electron chi connectivity index (χ3n) is 4.95. The summed E-state index contributed by atoms with van der Waals surface area (Å²) in [7, 11) is 1.61. The number of methoxy groups -OCH3 is 1. The molecule has 0 aliphatic heterocycles. The van der Waals surface area contributed by atoms with Crippen LogP contribution in [0.4, 0.5) is 27.7 Å². The first-order valence-corrected chi connectivity index (χ1v) is 9.91. The molecule has 0 aliphatic carbocycles. The van der Waals surface area contributed by atoms with Gasteiger partial charge >= 0.3 is 0 Å². The molecule has 0 saturated carbocycles. The van der Waals surface area contributed by atoms with E-state index in [0.29, 0.717) is 29.5 Å². The number of ether oxygens (including phenoxy) is 1. The molecule has 0 saturated heterocycles. The molecule has 8 nitrogen and oxygen atoms in total. The molecule has 2 aromatic carbocycles. The van der Waals surface area contributed by atoms with E-state index in [-0.39, 0.29) is 18.3 Å². The lowest BCUT2D eigenvalue weighted by Gasteiger charge is -2.18. The van der Waals surface area contributed by atoms with Crippen LogP contribution in [0.1, 0.15) is 19.4 Å². The smallest absolute Gasteiger partial charge is 0.229 e. The fraction of sp³-hybridized carbons (Fsp3) is 0.227. The lowest BCUT2D eigenvalue weighted by molar-refractivity contribution is 0.228. The van der Waals surface area contributed by atoms with E-state index >= 15 is 0 Å². The highest BCUT2D eigenvalue weighted by Crippen LogP contribution is 2.29. The topological polar surface area (TPSA) is 97.1 Å². The number of rotatable bonds is 8. The van der Waals surface area contributed by atoms with Crippen molar-refractivity contribution >= 4 is 34.4 Å². The highest BCUT2D eigenvalue weighted by molar-refractivity contribution is 5.77. The van der Waals surface area contributed by atoms with E-state index in [0.717, 1.165) is 11.4 Å². The Morgan fingerprint density at radius 2 is 1.87 bits per heavy atom. The van der Waals surface area contributed by atoms with Gasteiger partial charge in [0.05, 0.1) is 31.6 Å². The maximum atomic E-state index is 14.2. The number of fused-ring (bicyclic) bond motifs is 1. The molecule has 160 valence electrons. The standard InChI is InChI=1S/C22H23FN6O2/c1-3-15(13-30)29-20-19(27-22(29)26-18-7-5-4-6-17(18)23)12-24-21(28-20)25-14-8-10-16(31-2)11-9-14/h4-12,15,30H,3,13H2,1-2H3,(H,26,27)(H,24,25,28)/t15-/m1/s1. The van der Waals surface area contributed by atoms with E-state index in [1.54, 1.807) is 36.1 Å². The second-order valence-electron chi connectivity index (χ2n) is 6.91. The summed E-state index contributed by atoms with van der Waals surface area (Å²) in [6.45, 7) is 1.84. The number of aliphatic hydroxyl groups excluding tert-OH is 1. The van der Waals surface area contributed by atoms with Crippen LogP contribution in [-0.4, -0.2) is 38.3 Å². The molecule has 3 N–H and O–H groups in total. The van der Waals surface area contributed by atoms with Crippen molar-refractivity contribution in [2.75, 3.05) is 24.4 Å². The SMILES string of the molecule is CC[C@H](CO)n1c(Nc2ccccc2F)nc2cnc(Nc3ccc(OC)cc3)nc21. The lowest BCUT2D eigenvalue weighted by atomic mass is 10.2. The normalized spacial score (nSPS) is 12.0. The van der Waals surface area contributed by atoms with Gasteiger partial charge in [-0.1, -0.05) is 19.1 Å². The first-order chi connectivity index (χ1) is 15.1. The van der Waals surface area contributed by atoms with Crippen molar-refractivity contribution in [3.05, 3.63) is 60.5 Å². The van der Waals surface area contributed by atoms with Gasteiger partial charge < -0.3 is 20.5 Å². The van der Waals surface area contributed by atoms with Crippen LogP contribution in [0.3, 0.4) is 0 Å². The van der Waals surface area contributed by atoms with E-state index in [1.807, 2.05) is 31.2 Å². The van der Waals surface area contributed by atoms with Gasteiger partial charge in [-0.25, -0.2) is 14.4 Å². The molecule has 0 unspecified atom stereocenters. The molecule has 4 rings (SSSR count). The minimum absolute atomic E-state index is 0.112. The average Bonchev–Trinajstić information content (AvgIpc) is 3.14. The molecule has 0 bridgehead atoms. The van der Waals surface area contributed by atoms with Crippen LogP contribution in [0.25, 0.3) is 11.2 Å². The van der Waals surface area contributed by atoms with Gasteiger partial charge in [-0.3, -0.25) is 4.57 Å². The Balaban J connectivity index is 1.74. The van der Waals surface area contributed by atoms with E-state index in [2.05, 4.69) is 25.6 Å². The third-order valence-corrected chi connectivity index (χ3v) is 4.95. The molecular weight excluding hydrogens is 399 g/mol. The molecule has 1 atom stereocenters. The zero-order chi connectivity index (χ0) is 21.8. The van der Waals surface area contributed by atoms with Crippen LogP contribution >= 0.6 is 0 Å². The lowest BCUT2D eigenvalue weighted by Crippen LogP contribution is -2.15. The average molecular weight is 422 g/mol. The fourth-order valence-corrected chi connectivity index (χ4v) is 3.26. The van der Waals surface area contributed by atoms with Gasteiger partial charge in [0.2, 0.25) is 11.9 Å². The van der Waals surface area contributed by atoms with Gasteiger partial charge in [0, 0.05) is 5.69 Å². The predicted molar refractivity (Wildman–Crippen MR) is 118 cm³/mol. The Labute approximate surface area is 178 Å². The zero-order valence-corrected chi connectivity index (χ0v) is 17.2. The Morgan fingerprint density at radius 3 is 2.55 bits per heavy atom. The van der Waals surface area contributed by atoms with Crippen LogP contribution in [0.2, 0.25) is 0 Å². The number of para-hydroxylation sites is 1. The first-order valence-electron chi connectivity index (χ1n) is 9.91. The zero-order valence-electron chi connectivity index (χ0n) is 17.2. The number of benzene rings is 2. The Morgan fingerprint density at radius 1 is 1.10 bits per heavy atom. The highest BCUT2D eigenvalue weighted by Gasteiger charge is 2.20. The number of anilines is 4. The maximum Gasteiger partial charge on any atom is 0.229 e. The molecule has 0 spiro atoms. The largest absolute Gasteiger partial charge is 0.497 e. The third kappa shape index (κ3) is 4.26. The van der Waals surface area contributed by atoms with E-state index in [4.69, 9.17) is 4.74 Å². The molecule has 2 heterocycles. The first kappa shape index (κ1) is 20.5. The monoisotopic (exact) mass is 422 g/mol. The van der Waals surface area contributed by atoms with Crippen LogP contribution in [0.15, 0.2) is 54.7 Å². The second-order valence-corrected chi connectivity index (χ2v) is 6.91. The number of hydrogen-bond acceptors (Lipinski definition) is 7. The number of aliphatic hydroxyl groups is 1. The Bertz CT molecular complexity index is 1170. The maximum absolute atomic E-state index is 14.2. The predicted octanol–water partition coefficient (Wildman–Crippen LogP) is 4.40. The van der Waals surface area contributed by atoms with Crippen LogP contribution in [0.5, 0.6) is 5.75 Å². The summed E-state index contributed by atoms with van der Waals surface area (Å²) >= 11 is 0. The summed E-state index contributed by atoms with van der Waals surface area (Å²) in [5.74, 6) is 1.12. The van der Waals surface area contributed by atoms with Crippen molar-refractivity contribution in [3.63, 3.8) is 0 Å². The van der Waals surface area contributed by atoms with Crippen molar-refractivity contribution in [1.82, 2.24) is 19.5 Å². The molecule has 0 fully saturated rings. The summed E-state index contributed by atoms with van der Waals surface area (Å²) in [6, 6.07) is 13.4. The summed E-state index contributed by atoms with van der Waals surface area (Å²) in [4.78, 5) is 13.5. The van der Waals surface area contributed by atoms with Crippen molar-refractivity contribution in [2.45, 2.75) is 19.4 Å². The summed E-state index contributed by atoms with van der Waals surface area (Å²) in [5.41, 5.74) is 2.15. The Kier molecular flexibility index (Phi) is 5.94. The molecule has 0 amide bonds. The summed E-state index contributed by atoms with van der Waals surface area (Å²) in [5, 5.41) is 16.1.